The third-order valence-electron chi connectivity index (χ3n) is 5.09. The molecule has 1 spiro atoms. The van der Waals surface area contributed by atoms with E-state index in [0.29, 0.717) is 31.7 Å². The molecular weight excluding hydrogens is 424 g/mol. The van der Waals surface area contributed by atoms with Gasteiger partial charge < -0.3 is 25.2 Å². The molecule has 172 valence electrons. The fourth-order valence-corrected chi connectivity index (χ4v) is 3.42. The Morgan fingerprint density at radius 1 is 1.30 bits per heavy atom. The average Bonchev–Trinajstić information content (AvgIpc) is 3.04. The maximum atomic E-state index is 12.6. The number of hydrogen-bond acceptors (Lipinski definition) is 6. The second-order valence-electron chi connectivity index (χ2n) is 7.26. The largest absolute Gasteiger partial charge is 0.434 e. The third kappa shape index (κ3) is 6.24. The van der Waals surface area contributed by atoms with Crippen molar-refractivity contribution < 1.29 is 45.7 Å². The van der Waals surface area contributed by atoms with E-state index < -0.39 is 42.3 Å². The van der Waals surface area contributed by atoms with E-state index in [-0.39, 0.29) is 32.2 Å². The Hall–Kier alpha value is -2.02. The molecule has 0 aromatic rings. The van der Waals surface area contributed by atoms with Gasteiger partial charge in [-0.2, -0.15) is 26.3 Å². The van der Waals surface area contributed by atoms with Crippen molar-refractivity contribution in [2.45, 2.75) is 43.3 Å². The Balaban J connectivity index is 1.83. The first-order valence-corrected chi connectivity index (χ1v) is 9.16. The van der Waals surface area contributed by atoms with Crippen molar-refractivity contribution in [3.63, 3.8) is 0 Å². The van der Waals surface area contributed by atoms with Crippen LogP contribution in [0, 0.1) is 5.92 Å². The number of nitrogens with two attached hydrogens (primary N) is 1. The highest BCUT2D eigenvalue weighted by Gasteiger charge is 2.46. The van der Waals surface area contributed by atoms with Crippen LogP contribution in [-0.2, 0) is 9.47 Å². The van der Waals surface area contributed by atoms with Gasteiger partial charge in [0.25, 0.3) is 0 Å². The van der Waals surface area contributed by atoms with Gasteiger partial charge in [-0.05, 0) is 19.3 Å². The van der Waals surface area contributed by atoms with Crippen molar-refractivity contribution in [2.24, 2.45) is 16.6 Å². The summed E-state index contributed by atoms with van der Waals surface area (Å²) in [5.74, 6) is -0.129. The number of hydrogen-bond donors (Lipinski definition) is 2. The molecule has 2 saturated heterocycles. The minimum Gasteiger partial charge on any atom is -0.434 e. The van der Waals surface area contributed by atoms with Crippen molar-refractivity contribution >= 4 is 12.3 Å². The smallest absolute Gasteiger partial charge is 0.427 e. The number of halogens is 6. The van der Waals surface area contributed by atoms with Crippen LogP contribution in [0.5, 0.6) is 0 Å². The highest BCUT2D eigenvalue weighted by molar-refractivity contribution is 5.80. The van der Waals surface area contributed by atoms with Gasteiger partial charge in [0.1, 0.15) is 0 Å². The molecule has 2 rings (SSSR count). The lowest BCUT2D eigenvalue weighted by Crippen LogP contribution is -2.49. The number of allylic oxidation sites excluding steroid dienone is 1. The van der Waals surface area contributed by atoms with Crippen molar-refractivity contribution in [3.05, 3.63) is 11.8 Å². The molecule has 2 heterocycles. The summed E-state index contributed by atoms with van der Waals surface area (Å²) in [6.07, 6.45) is -10.9. The number of carbonyl (C=O) groups is 1. The highest BCUT2D eigenvalue weighted by Crippen LogP contribution is 2.39. The highest BCUT2D eigenvalue weighted by atomic mass is 19.4. The second-order valence-corrected chi connectivity index (χ2v) is 7.26. The maximum absolute atomic E-state index is 12.6. The maximum Gasteiger partial charge on any atom is 0.427 e. The fraction of sp³-hybridized carbons (Fsp3) is 0.765. The SMILES string of the molecule is NC=C(C=NCC1COC2(CCN(C(=O)O[C@H](CO)C(F)(F)F)CC2)C1)C(F)(F)F. The molecule has 2 atom stereocenters. The van der Waals surface area contributed by atoms with E-state index in [9.17, 15) is 31.1 Å². The van der Waals surface area contributed by atoms with E-state index in [2.05, 4.69) is 9.73 Å². The molecule has 0 aromatic carbocycles. The van der Waals surface area contributed by atoms with Crippen LogP contribution >= 0.6 is 0 Å². The first-order valence-electron chi connectivity index (χ1n) is 9.16. The molecule has 2 aliphatic heterocycles. The van der Waals surface area contributed by atoms with Gasteiger partial charge in [-0.1, -0.05) is 0 Å². The van der Waals surface area contributed by atoms with Gasteiger partial charge in [-0.3, -0.25) is 4.99 Å². The van der Waals surface area contributed by atoms with E-state index in [0.717, 1.165) is 4.90 Å². The van der Waals surface area contributed by atoms with Gasteiger partial charge in [0.15, 0.2) is 0 Å². The molecule has 0 radical (unpaired) electrons. The second kappa shape index (κ2) is 9.41. The Kier molecular flexibility index (Phi) is 7.61. The number of aliphatic hydroxyl groups excluding tert-OH is 1. The number of carbonyl (C=O) groups excluding carboxylic acids is 1. The van der Waals surface area contributed by atoms with Gasteiger partial charge >= 0.3 is 18.4 Å². The molecule has 0 bridgehead atoms. The number of rotatable bonds is 5. The number of likely N-dealkylation sites (tertiary alicyclic amines) is 1. The summed E-state index contributed by atoms with van der Waals surface area (Å²) in [6.45, 7) is -0.799. The van der Waals surface area contributed by atoms with E-state index in [1.54, 1.807) is 0 Å². The number of amides is 1. The van der Waals surface area contributed by atoms with Gasteiger partial charge in [0, 0.05) is 38.0 Å². The van der Waals surface area contributed by atoms with Crippen LogP contribution < -0.4 is 5.73 Å². The molecule has 13 heteroatoms. The molecule has 1 amide bonds. The summed E-state index contributed by atoms with van der Waals surface area (Å²) in [5.41, 5.74) is 3.29. The molecule has 2 aliphatic rings. The van der Waals surface area contributed by atoms with Crippen LogP contribution in [0.25, 0.3) is 0 Å². The number of ether oxygens (including phenoxy) is 2. The minimum absolute atomic E-state index is 0.0962. The van der Waals surface area contributed by atoms with Crippen molar-refractivity contribution in [1.29, 1.82) is 0 Å². The molecule has 0 aliphatic carbocycles. The third-order valence-corrected chi connectivity index (χ3v) is 5.09. The zero-order chi connectivity index (χ0) is 22.6. The summed E-state index contributed by atoms with van der Waals surface area (Å²) in [5, 5.41) is 8.75. The Bertz CT molecular complexity index is 657. The lowest BCUT2D eigenvalue weighted by molar-refractivity contribution is -0.215. The summed E-state index contributed by atoms with van der Waals surface area (Å²) >= 11 is 0. The summed E-state index contributed by atoms with van der Waals surface area (Å²) in [7, 11) is 0. The normalized spacial score (nSPS) is 23.9. The monoisotopic (exact) mass is 447 g/mol. The number of piperidine rings is 1. The van der Waals surface area contributed by atoms with Crippen LogP contribution in [0.2, 0.25) is 0 Å². The van der Waals surface area contributed by atoms with Crippen LogP contribution in [0.15, 0.2) is 16.8 Å². The molecule has 7 nitrogen and oxygen atoms in total. The lowest BCUT2D eigenvalue weighted by atomic mass is 9.85. The van der Waals surface area contributed by atoms with Crippen molar-refractivity contribution in [1.82, 2.24) is 4.90 Å². The summed E-state index contributed by atoms with van der Waals surface area (Å²) in [6, 6.07) is 0. The minimum atomic E-state index is -4.87. The van der Waals surface area contributed by atoms with Gasteiger partial charge in [0.2, 0.25) is 6.10 Å². The van der Waals surface area contributed by atoms with E-state index >= 15 is 0 Å². The summed E-state index contributed by atoms with van der Waals surface area (Å²) < 4.78 is 85.7. The lowest BCUT2D eigenvalue weighted by Gasteiger charge is -2.38. The van der Waals surface area contributed by atoms with E-state index in [1.807, 2.05) is 0 Å². The molecule has 0 aromatic heterocycles. The standard InChI is InChI=1S/C17H23F6N3O4/c18-16(19,20)12(6-24)8-25-7-11-5-15(29-10-11)1-3-26(4-2-15)14(28)30-13(9-27)17(21,22)23/h6,8,11,13,27H,1-5,7,9-10,24H2/t11?,13-/m1/s1. The topological polar surface area (TPSA) is 97.4 Å². The molecule has 2 fully saturated rings. The Morgan fingerprint density at radius 2 is 1.93 bits per heavy atom. The number of alkyl halides is 6. The van der Waals surface area contributed by atoms with E-state index in [4.69, 9.17) is 15.6 Å². The molecule has 0 saturated carbocycles. The first-order chi connectivity index (χ1) is 13.9. The van der Waals surface area contributed by atoms with Gasteiger partial charge in [-0.15, -0.1) is 0 Å². The fourth-order valence-electron chi connectivity index (χ4n) is 3.42. The van der Waals surface area contributed by atoms with Crippen LogP contribution in [0.4, 0.5) is 31.1 Å². The van der Waals surface area contributed by atoms with E-state index in [1.165, 1.54) is 0 Å². The van der Waals surface area contributed by atoms with Crippen LogP contribution in [0.1, 0.15) is 19.3 Å². The van der Waals surface area contributed by atoms with Gasteiger partial charge in [0.05, 0.1) is 24.4 Å². The number of aliphatic hydroxyl groups is 1. The molecule has 30 heavy (non-hydrogen) atoms. The quantitative estimate of drug-likeness (QED) is 0.498. The average molecular weight is 447 g/mol. The number of aliphatic imine (C=N–C) groups is 1. The molecule has 3 N–H and O–H groups in total. The molecule has 1 unspecified atom stereocenters. The summed E-state index contributed by atoms with van der Waals surface area (Å²) in [4.78, 5) is 16.8. The van der Waals surface area contributed by atoms with Crippen LogP contribution in [-0.4, -0.2) is 79.2 Å². The predicted octanol–water partition coefficient (Wildman–Crippen LogP) is 2.39. The Labute approximate surface area is 168 Å². The van der Waals surface area contributed by atoms with Gasteiger partial charge in [-0.25, -0.2) is 4.79 Å². The zero-order valence-electron chi connectivity index (χ0n) is 15.9. The number of nitrogens with zero attached hydrogens (tertiary/aromatic N) is 2. The first kappa shape index (κ1) is 24.3. The van der Waals surface area contributed by atoms with Crippen molar-refractivity contribution in [3.8, 4) is 0 Å². The van der Waals surface area contributed by atoms with Crippen molar-refractivity contribution in [2.75, 3.05) is 32.8 Å². The Morgan fingerprint density at radius 3 is 2.43 bits per heavy atom. The van der Waals surface area contributed by atoms with Crippen LogP contribution in [0.3, 0.4) is 0 Å². The zero-order valence-corrected chi connectivity index (χ0v) is 15.9. The molecular formula is C17H23F6N3O4. The predicted molar refractivity (Wildman–Crippen MR) is 92.7 cm³/mol.